The van der Waals surface area contributed by atoms with Crippen molar-refractivity contribution in [2.24, 2.45) is 0 Å². The Morgan fingerprint density at radius 2 is 2.00 bits per heavy atom. The predicted octanol–water partition coefficient (Wildman–Crippen LogP) is 2.51. The first kappa shape index (κ1) is 22.3. The maximum atomic E-state index is 12.9. The summed E-state index contributed by atoms with van der Waals surface area (Å²) in [6.45, 7) is 9.22. The van der Waals surface area contributed by atoms with Gasteiger partial charge in [-0.25, -0.2) is 9.59 Å². The molecule has 1 aliphatic heterocycles. The highest BCUT2D eigenvalue weighted by molar-refractivity contribution is 5.82. The van der Waals surface area contributed by atoms with Crippen molar-refractivity contribution in [3.05, 3.63) is 47.3 Å². The third kappa shape index (κ3) is 4.87. The number of benzene rings is 1. The number of allylic oxidation sites excluding steroid dienone is 1. The van der Waals surface area contributed by atoms with Crippen LogP contribution in [0.2, 0.25) is 0 Å². The van der Waals surface area contributed by atoms with Crippen molar-refractivity contribution in [3.63, 3.8) is 0 Å². The van der Waals surface area contributed by atoms with E-state index in [1.165, 1.54) is 16.6 Å². The van der Waals surface area contributed by atoms with Gasteiger partial charge in [0.1, 0.15) is 17.7 Å². The van der Waals surface area contributed by atoms with E-state index < -0.39 is 29.8 Å². The van der Waals surface area contributed by atoms with Crippen molar-refractivity contribution >= 4 is 23.0 Å². The Balaban J connectivity index is 1.91. The van der Waals surface area contributed by atoms with Gasteiger partial charge in [-0.05, 0) is 32.9 Å². The van der Waals surface area contributed by atoms with E-state index in [1.807, 2.05) is 0 Å². The zero-order valence-electron chi connectivity index (χ0n) is 18.2. The van der Waals surface area contributed by atoms with E-state index in [1.54, 1.807) is 51.1 Å². The van der Waals surface area contributed by atoms with Gasteiger partial charge >= 0.3 is 12.1 Å². The Hall–Kier alpha value is -3.36. The molecule has 0 aliphatic carbocycles. The number of para-hydroxylation sites is 1. The van der Waals surface area contributed by atoms with E-state index >= 15 is 0 Å². The van der Waals surface area contributed by atoms with Crippen LogP contribution in [0.1, 0.15) is 27.2 Å². The van der Waals surface area contributed by atoms with Gasteiger partial charge in [0.2, 0.25) is 0 Å². The van der Waals surface area contributed by atoms with Crippen LogP contribution in [0.15, 0.2) is 41.7 Å². The highest BCUT2D eigenvalue weighted by Gasteiger charge is 2.43. The molecule has 166 valence electrons. The molecule has 0 bridgehead atoms. The van der Waals surface area contributed by atoms with Crippen LogP contribution in [0, 0.1) is 0 Å². The van der Waals surface area contributed by atoms with E-state index in [4.69, 9.17) is 14.2 Å². The van der Waals surface area contributed by atoms with E-state index in [-0.39, 0.29) is 31.1 Å². The molecule has 1 amide bonds. The van der Waals surface area contributed by atoms with Crippen LogP contribution < -0.4 is 10.3 Å². The van der Waals surface area contributed by atoms with Crippen LogP contribution in [0.3, 0.4) is 0 Å². The number of methoxy groups -OCH3 is 1. The zero-order chi connectivity index (χ0) is 22.8. The number of hydrogen-bond donors (Lipinski definition) is 0. The molecule has 2 aromatic rings. The van der Waals surface area contributed by atoms with Crippen LogP contribution in [-0.2, 0) is 20.8 Å². The normalized spacial score (nSPS) is 18.6. The first-order chi connectivity index (χ1) is 14.6. The fourth-order valence-electron chi connectivity index (χ4n) is 3.44. The minimum atomic E-state index is -0.857. The third-order valence-corrected chi connectivity index (χ3v) is 4.77. The lowest BCUT2D eigenvalue weighted by Gasteiger charge is -2.27. The van der Waals surface area contributed by atoms with Gasteiger partial charge in [0.25, 0.3) is 11.6 Å². The summed E-state index contributed by atoms with van der Waals surface area (Å²) in [4.78, 5) is 43.6. The van der Waals surface area contributed by atoms with E-state index in [0.717, 1.165) is 0 Å². The molecule has 2 heterocycles. The third-order valence-electron chi connectivity index (χ3n) is 4.77. The molecule has 0 N–H and O–H groups in total. The number of carbonyl (C=O) groups excluding carboxylic acids is 2. The number of amides is 1. The van der Waals surface area contributed by atoms with E-state index in [2.05, 4.69) is 11.6 Å². The van der Waals surface area contributed by atoms with Gasteiger partial charge in [-0.3, -0.25) is 14.3 Å². The highest BCUT2D eigenvalue weighted by Crippen LogP contribution is 2.26. The summed E-state index contributed by atoms with van der Waals surface area (Å²) < 4.78 is 17.7. The van der Waals surface area contributed by atoms with Crippen molar-refractivity contribution in [1.29, 1.82) is 0 Å². The van der Waals surface area contributed by atoms with Crippen molar-refractivity contribution < 1.29 is 23.8 Å². The van der Waals surface area contributed by atoms with Crippen LogP contribution >= 0.6 is 0 Å². The molecule has 2 atom stereocenters. The zero-order valence-corrected chi connectivity index (χ0v) is 18.2. The number of rotatable bonds is 5. The first-order valence-electron chi connectivity index (χ1n) is 9.99. The van der Waals surface area contributed by atoms with Crippen LogP contribution in [-0.4, -0.2) is 57.9 Å². The largest absolute Gasteiger partial charge is 0.467 e. The molecule has 0 radical (unpaired) electrons. The molecule has 0 unspecified atom stereocenters. The second-order valence-corrected chi connectivity index (χ2v) is 8.26. The summed E-state index contributed by atoms with van der Waals surface area (Å²) in [5, 5.41) is 0.464. The fraction of sp³-hybridized carbons (Fsp3) is 0.455. The quantitative estimate of drug-likeness (QED) is 0.532. The molecular formula is C22H27N3O6. The number of likely N-dealkylation sites (tertiary alicyclic amines) is 1. The molecule has 1 saturated heterocycles. The van der Waals surface area contributed by atoms with Crippen molar-refractivity contribution in [1.82, 2.24) is 14.5 Å². The number of nitrogens with zero attached hydrogens (tertiary/aromatic N) is 3. The minimum absolute atomic E-state index is 0.0888. The summed E-state index contributed by atoms with van der Waals surface area (Å²) in [5.41, 5.74) is -0.484. The summed E-state index contributed by atoms with van der Waals surface area (Å²) in [6.07, 6.45) is 0.538. The topological polar surface area (TPSA) is 100.0 Å². The fourth-order valence-corrected chi connectivity index (χ4v) is 3.44. The Kier molecular flexibility index (Phi) is 6.33. The second kappa shape index (κ2) is 8.79. The number of aromatic nitrogens is 2. The Morgan fingerprint density at radius 1 is 1.29 bits per heavy atom. The molecule has 31 heavy (non-hydrogen) atoms. The molecule has 1 aliphatic rings. The van der Waals surface area contributed by atoms with Crippen molar-refractivity contribution in [2.45, 2.75) is 51.5 Å². The molecule has 1 aromatic carbocycles. The minimum Gasteiger partial charge on any atom is -0.467 e. The lowest BCUT2D eigenvalue weighted by atomic mass is 10.2. The smallest absolute Gasteiger partial charge is 0.411 e. The molecule has 9 nitrogen and oxygen atoms in total. The molecular weight excluding hydrogens is 402 g/mol. The average molecular weight is 429 g/mol. The first-order valence-corrected chi connectivity index (χ1v) is 9.99. The molecule has 0 spiro atoms. The monoisotopic (exact) mass is 429 g/mol. The van der Waals surface area contributed by atoms with Gasteiger partial charge in [0, 0.05) is 13.0 Å². The number of hydrogen-bond acceptors (Lipinski definition) is 7. The maximum Gasteiger partial charge on any atom is 0.411 e. The van der Waals surface area contributed by atoms with Gasteiger partial charge < -0.3 is 14.2 Å². The number of fused-ring (bicyclic) bond motifs is 1. The summed E-state index contributed by atoms with van der Waals surface area (Å²) >= 11 is 0. The Bertz CT molecular complexity index is 1060. The molecule has 9 heteroatoms. The van der Waals surface area contributed by atoms with Crippen LogP contribution in [0.25, 0.3) is 10.9 Å². The van der Waals surface area contributed by atoms with Crippen molar-refractivity contribution in [2.75, 3.05) is 13.7 Å². The lowest BCUT2D eigenvalue weighted by molar-refractivity contribution is -0.145. The standard InChI is InChI=1S/C22H27N3O6/c1-6-11-24-18(26)15-9-7-8-10-16(15)23-20(24)30-14-12-17(19(27)29-5)25(13-14)21(28)31-22(2,3)4/h6-10,14,17H,1,11-13H2,2-5H3/t14-,17+/m1/s1. The second-order valence-electron chi connectivity index (χ2n) is 8.26. The van der Waals surface area contributed by atoms with E-state index in [0.29, 0.717) is 10.9 Å². The molecule has 3 rings (SSSR count). The average Bonchev–Trinajstić information content (AvgIpc) is 3.13. The summed E-state index contributed by atoms with van der Waals surface area (Å²) in [5.74, 6) is -0.563. The molecule has 0 saturated carbocycles. The van der Waals surface area contributed by atoms with Gasteiger partial charge in [-0.15, -0.1) is 6.58 Å². The predicted molar refractivity (Wildman–Crippen MR) is 114 cm³/mol. The SMILES string of the molecule is C=CCn1c(O[C@@H]2C[C@@H](C(=O)OC)N(C(=O)OC(C)(C)C)C2)nc2ccccc2c1=O. The highest BCUT2D eigenvalue weighted by atomic mass is 16.6. The van der Waals surface area contributed by atoms with Crippen molar-refractivity contribution in [3.8, 4) is 6.01 Å². The molecule has 1 fully saturated rings. The van der Waals surface area contributed by atoms with Crippen LogP contribution in [0.5, 0.6) is 6.01 Å². The summed E-state index contributed by atoms with van der Waals surface area (Å²) in [7, 11) is 1.26. The van der Waals surface area contributed by atoms with E-state index in [9.17, 15) is 14.4 Å². The Morgan fingerprint density at radius 3 is 2.65 bits per heavy atom. The molecule has 1 aromatic heterocycles. The maximum absolute atomic E-state index is 12.9. The lowest BCUT2D eigenvalue weighted by Crippen LogP contribution is -2.44. The number of carbonyl (C=O) groups is 2. The summed E-state index contributed by atoms with van der Waals surface area (Å²) in [6, 6.07) is 6.21. The van der Waals surface area contributed by atoms with Gasteiger partial charge in [-0.2, -0.15) is 4.98 Å². The number of esters is 1. The van der Waals surface area contributed by atoms with Gasteiger partial charge in [0.15, 0.2) is 0 Å². The Labute approximate surface area is 180 Å². The van der Waals surface area contributed by atoms with Gasteiger partial charge in [0.05, 0.1) is 24.6 Å². The number of ether oxygens (including phenoxy) is 3. The van der Waals surface area contributed by atoms with Crippen LogP contribution in [0.4, 0.5) is 4.79 Å². The van der Waals surface area contributed by atoms with Gasteiger partial charge in [-0.1, -0.05) is 18.2 Å².